The molecule has 0 aliphatic carbocycles. The van der Waals surface area contributed by atoms with Crippen LogP contribution in [-0.4, -0.2) is 103 Å². The smallest absolute Gasteiger partial charge is 0.221 e. The minimum atomic E-state index is -1.53. The van der Waals surface area contributed by atoms with Gasteiger partial charge in [0.1, 0.15) is 33.0 Å². The lowest BCUT2D eigenvalue weighted by Gasteiger charge is -2.30. The van der Waals surface area contributed by atoms with Crippen LogP contribution < -0.4 is 0 Å². The van der Waals surface area contributed by atoms with Crippen molar-refractivity contribution in [2.75, 3.05) is 36.7 Å². The molecule has 2 N–H and O–H groups in total. The quantitative estimate of drug-likeness (QED) is 0.375. The van der Waals surface area contributed by atoms with Crippen molar-refractivity contribution in [2.45, 2.75) is 70.9 Å². The van der Waals surface area contributed by atoms with E-state index < -0.39 is 50.7 Å². The highest BCUT2D eigenvalue weighted by Crippen LogP contribution is 2.59. The molecule has 1 saturated heterocycles. The summed E-state index contributed by atoms with van der Waals surface area (Å²) in [6.45, 7) is 9.73. The molecule has 0 aromatic rings. The van der Waals surface area contributed by atoms with E-state index in [0.717, 1.165) is 18.2 Å². The monoisotopic (exact) mass is 449 g/mol. The normalized spacial score (nSPS) is 31.6. The maximum absolute atomic E-state index is 10.3. The Bertz CT molecular complexity index is 639. The fourth-order valence-electron chi connectivity index (χ4n) is 3.08. The Hall–Kier alpha value is 0.675. The Morgan fingerprint density at radius 3 is 2.00 bits per heavy atom. The summed E-state index contributed by atoms with van der Waals surface area (Å²) in [7, 11) is 5.03. The third-order valence-corrected chi connectivity index (χ3v) is 18.5. The topological polar surface area (TPSA) is 58.9 Å². The molecule has 2 radical (unpaired) electrons. The molecule has 1 rings (SSSR count). The Morgan fingerprint density at radius 1 is 1.14 bits per heavy atom. The highest BCUT2D eigenvalue weighted by atomic mass is 31.2. The van der Waals surface area contributed by atoms with Gasteiger partial charge in [0.05, 0.1) is 12.3 Å². The molecule has 0 saturated carbocycles. The van der Waals surface area contributed by atoms with Gasteiger partial charge in [-0.2, -0.15) is 0 Å². The van der Waals surface area contributed by atoms with E-state index in [4.69, 9.17) is 17.3 Å². The summed E-state index contributed by atoms with van der Waals surface area (Å²) in [6.07, 6.45) is 17.4. The maximum Gasteiger partial charge on any atom is 0.221 e. The lowest BCUT2D eigenvalue weighted by molar-refractivity contribution is -0.188. The van der Waals surface area contributed by atoms with Crippen LogP contribution in [0, 0.1) is 0 Å². The molecule has 0 amide bonds. The summed E-state index contributed by atoms with van der Waals surface area (Å²) in [5.74, 6) is 0.977. The minimum absolute atomic E-state index is 0.578. The molecule has 6 atom stereocenters. The molecule has 1 aliphatic rings. The van der Waals surface area contributed by atoms with E-state index in [-0.39, 0.29) is 0 Å². The second kappa shape index (κ2) is 9.87. The largest absolute Gasteiger partial charge is 0.385 e. The lowest BCUT2D eigenvalue weighted by Crippen LogP contribution is -2.46. The second-order valence-electron chi connectivity index (χ2n) is 8.92. The Balaban J connectivity index is 2.82. The maximum atomic E-state index is 10.3. The van der Waals surface area contributed by atoms with E-state index in [9.17, 15) is 10.2 Å². The summed E-state index contributed by atoms with van der Waals surface area (Å²) in [6, 6.07) is -0.980. The molecular weight excluding hydrogens is 408 g/mol. The summed E-state index contributed by atoms with van der Waals surface area (Å²) >= 11 is 0. The molecule has 28 heavy (non-hydrogen) atoms. The molecule has 6 unspecified atom stereocenters. The third-order valence-electron chi connectivity index (χ3n) is 6.41. The van der Waals surface area contributed by atoms with Crippen LogP contribution in [0.15, 0.2) is 0 Å². The standard InChI is InChI=1S/C20H41BO4P3/c1-10-27(8,11-2)13-14-28(9,12-3)15-26(7)19(4,5)25-17-16(22)20(6,23)18(21)24-17/h16-18,22-23H,7-15H2,1-6H3/q+1. The molecule has 1 heterocycles. The van der Waals surface area contributed by atoms with Crippen LogP contribution >= 0.6 is 21.3 Å². The highest BCUT2D eigenvalue weighted by molar-refractivity contribution is 7.84. The zero-order valence-electron chi connectivity index (χ0n) is 18.7. The summed E-state index contributed by atoms with van der Waals surface area (Å²) in [5.41, 5.74) is -1.53. The zero-order chi connectivity index (χ0) is 22.0. The van der Waals surface area contributed by atoms with Crippen LogP contribution in [0.5, 0.6) is 0 Å². The average Bonchev–Trinajstić information content (AvgIpc) is 2.82. The molecule has 0 spiro atoms. The molecular formula is C20H41BO4P3+. The number of hydrogen-bond donors (Lipinski definition) is 2. The van der Waals surface area contributed by atoms with Crippen LogP contribution in [0.2, 0.25) is 0 Å². The Morgan fingerprint density at radius 2 is 1.61 bits per heavy atom. The SMILES string of the molecule is [B]C1OC(OC(C)(C)[P+](=C)CP(=C)(CC)CCP(=C)(CC)CC)C(O)C1(C)O. The minimum Gasteiger partial charge on any atom is -0.385 e. The van der Waals surface area contributed by atoms with Crippen molar-refractivity contribution >= 4 is 48.1 Å². The van der Waals surface area contributed by atoms with Crippen molar-refractivity contribution in [1.29, 1.82) is 0 Å². The van der Waals surface area contributed by atoms with Gasteiger partial charge in [-0.1, -0.05) is 34.0 Å². The Labute approximate surface area is 175 Å². The number of aliphatic hydroxyl groups is 2. The van der Waals surface area contributed by atoms with Gasteiger partial charge in [-0.25, -0.2) is 0 Å². The summed E-state index contributed by atoms with van der Waals surface area (Å²) in [4.78, 5) is 0. The highest BCUT2D eigenvalue weighted by Gasteiger charge is 2.53. The first kappa shape index (κ1) is 26.7. The Kier molecular flexibility index (Phi) is 9.41. The van der Waals surface area contributed by atoms with Gasteiger partial charge in [0, 0.05) is 13.8 Å². The van der Waals surface area contributed by atoms with Crippen molar-refractivity contribution in [3.63, 3.8) is 0 Å². The number of hydrogen-bond acceptors (Lipinski definition) is 4. The van der Waals surface area contributed by atoms with Crippen LogP contribution in [0.1, 0.15) is 41.5 Å². The van der Waals surface area contributed by atoms with Crippen molar-refractivity contribution in [1.82, 2.24) is 0 Å². The summed E-state index contributed by atoms with van der Waals surface area (Å²) < 4.78 is 11.6. The fourth-order valence-corrected chi connectivity index (χ4v) is 13.7. The van der Waals surface area contributed by atoms with E-state index in [1.807, 2.05) is 13.8 Å². The van der Waals surface area contributed by atoms with Gasteiger partial charge >= 0.3 is 0 Å². The van der Waals surface area contributed by atoms with E-state index in [1.165, 1.54) is 25.4 Å². The molecule has 0 bridgehead atoms. The van der Waals surface area contributed by atoms with Crippen molar-refractivity contribution < 1.29 is 19.7 Å². The number of aliphatic hydroxyl groups excluding tert-OH is 1. The van der Waals surface area contributed by atoms with Crippen LogP contribution in [-0.2, 0) is 9.47 Å². The zero-order valence-corrected chi connectivity index (χ0v) is 21.4. The van der Waals surface area contributed by atoms with Gasteiger partial charge in [-0.3, -0.25) is 0 Å². The first-order valence-electron chi connectivity index (χ1n) is 10.1. The van der Waals surface area contributed by atoms with E-state index in [0.29, 0.717) is 0 Å². The third kappa shape index (κ3) is 6.34. The second-order valence-corrected chi connectivity index (χ2v) is 20.4. The molecule has 1 fully saturated rings. The predicted molar refractivity (Wildman–Crippen MR) is 135 cm³/mol. The van der Waals surface area contributed by atoms with Crippen LogP contribution in [0.4, 0.5) is 0 Å². The number of rotatable bonds is 11. The molecule has 4 nitrogen and oxygen atoms in total. The molecule has 0 aromatic carbocycles. The van der Waals surface area contributed by atoms with Gasteiger partial charge in [-0.15, -0.1) is 13.2 Å². The van der Waals surface area contributed by atoms with Gasteiger partial charge in [-0.05, 0) is 37.7 Å². The summed E-state index contributed by atoms with van der Waals surface area (Å²) in [5, 5.41) is 20.0. The molecule has 8 heteroatoms. The van der Waals surface area contributed by atoms with Gasteiger partial charge in [0.25, 0.3) is 0 Å². The average molecular weight is 449 g/mol. The van der Waals surface area contributed by atoms with Crippen molar-refractivity contribution in [2.24, 2.45) is 0 Å². The predicted octanol–water partition coefficient (Wildman–Crippen LogP) is 3.53. The fraction of sp³-hybridized carbons (Fsp3) is 0.850. The van der Waals surface area contributed by atoms with Crippen molar-refractivity contribution in [3.05, 3.63) is 0 Å². The van der Waals surface area contributed by atoms with E-state index in [2.05, 4.69) is 39.7 Å². The van der Waals surface area contributed by atoms with E-state index >= 15 is 0 Å². The number of ether oxygens (including phenoxy) is 2. The van der Waals surface area contributed by atoms with E-state index in [1.54, 1.807) is 0 Å². The first-order valence-corrected chi connectivity index (χ1v) is 16.9. The van der Waals surface area contributed by atoms with Gasteiger partial charge < -0.3 is 19.7 Å². The molecule has 1 aliphatic heterocycles. The van der Waals surface area contributed by atoms with Crippen molar-refractivity contribution in [3.8, 4) is 0 Å². The van der Waals surface area contributed by atoms with Gasteiger partial charge in [0.2, 0.25) is 5.34 Å². The first-order chi connectivity index (χ1) is 12.7. The lowest BCUT2D eigenvalue weighted by atomic mass is 9.83. The van der Waals surface area contributed by atoms with Crippen LogP contribution in [0.25, 0.3) is 0 Å². The van der Waals surface area contributed by atoms with Gasteiger partial charge in [0.15, 0.2) is 6.29 Å². The molecule has 162 valence electrons. The van der Waals surface area contributed by atoms with Crippen LogP contribution in [0.3, 0.4) is 0 Å². The molecule has 0 aromatic heterocycles.